The third kappa shape index (κ3) is 1.35. The van der Waals surface area contributed by atoms with E-state index in [4.69, 9.17) is 0 Å². The van der Waals surface area contributed by atoms with Crippen LogP contribution in [0.2, 0.25) is 0 Å². The van der Waals surface area contributed by atoms with Crippen molar-refractivity contribution in [2.45, 2.75) is 20.3 Å². The zero-order chi connectivity index (χ0) is 7.56. The number of carbonyl (C=O) groups is 1. The summed E-state index contributed by atoms with van der Waals surface area (Å²) in [5.74, 6) is 0.427. The second-order valence-electron chi connectivity index (χ2n) is 2.84. The standard InChI is InChI=1S/C9H12O/c1-7(2)9(10)8-5-3-4-6-8/h3-5,7H,6H2,1-2H3. The van der Waals surface area contributed by atoms with Crippen molar-refractivity contribution in [1.29, 1.82) is 0 Å². The first-order chi connectivity index (χ1) is 4.72. The lowest BCUT2D eigenvalue weighted by Gasteiger charge is -2.02. The number of ketones is 1. The van der Waals surface area contributed by atoms with Crippen LogP contribution in [0.15, 0.2) is 23.8 Å². The van der Waals surface area contributed by atoms with E-state index in [-0.39, 0.29) is 11.7 Å². The SMILES string of the molecule is CC(C)C(=O)C1=CC=CC1. The minimum absolute atomic E-state index is 0.145. The van der Waals surface area contributed by atoms with Crippen LogP contribution in [-0.4, -0.2) is 5.78 Å². The maximum Gasteiger partial charge on any atom is 0.161 e. The molecule has 0 spiro atoms. The molecule has 0 aromatic heterocycles. The van der Waals surface area contributed by atoms with Crippen LogP contribution in [0.5, 0.6) is 0 Å². The quantitative estimate of drug-likeness (QED) is 0.568. The molecule has 0 saturated heterocycles. The summed E-state index contributed by atoms with van der Waals surface area (Å²) in [6.45, 7) is 3.86. The summed E-state index contributed by atoms with van der Waals surface area (Å²) in [5.41, 5.74) is 0.954. The van der Waals surface area contributed by atoms with Gasteiger partial charge >= 0.3 is 0 Å². The highest BCUT2D eigenvalue weighted by atomic mass is 16.1. The molecule has 1 aliphatic rings. The lowest BCUT2D eigenvalue weighted by Crippen LogP contribution is -2.08. The molecule has 0 fully saturated rings. The molecule has 1 rings (SSSR count). The van der Waals surface area contributed by atoms with Gasteiger partial charge in [0.1, 0.15) is 0 Å². The Balaban J connectivity index is 2.59. The topological polar surface area (TPSA) is 17.1 Å². The summed E-state index contributed by atoms with van der Waals surface area (Å²) >= 11 is 0. The van der Waals surface area contributed by atoms with E-state index in [9.17, 15) is 4.79 Å². The second-order valence-corrected chi connectivity index (χ2v) is 2.84. The van der Waals surface area contributed by atoms with Crippen molar-refractivity contribution < 1.29 is 4.79 Å². The van der Waals surface area contributed by atoms with Gasteiger partial charge in [0.2, 0.25) is 0 Å². The molecule has 1 aliphatic carbocycles. The summed E-state index contributed by atoms with van der Waals surface area (Å²) < 4.78 is 0. The first kappa shape index (κ1) is 7.26. The van der Waals surface area contributed by atoms with Crippen molar-refractivity contribution >= 4 is 5.78 Å². The molecule has 0 heterocycles. The minimum atomic E-state index is 0.145. The van der Waals surface area contributed by atoms with Gasteiger partial charge in [-0.2, -0.15) is 0 Å². The van der Waals surface area contributed by atoms with Gasteiger partial charge in [-0.1, -0.05) is 32.1 Å². The molecular formula is C9H12O. The van der Waals surface area contributed by atoms with Crippen molar-refractivity contribution in [3.63, 3.8) is 0 Å². The minimum Gasteiger partial charge on any atom is -0.294 e. The van der Waals surface area contributed by atoms with E-state index in [1.165, 1.54) is 0 Å². The van der Waals surface area contributed by atoms with Gasteiger partial charge in [0.05, 0.1) is 0 Å². The van der Waals surface area contributed by atoms with Crippen molar-refractivity contribution in [1.82, 2.24) is 0 Å². The average molecular weight is 136 g/mol. The number of carbonyl (C=O) groups excluding carboxylic acids is 1. The summed E-state index contributed by atoms with van der Waals surface area (Å²) in [6, 6.07) is 0. The van der Waals surface area contributed by atoms with E-state index in [1.54, 1.807) is 0 Å². The Bertz CT molecular complexity index is 197. The Hall–Kier alpha value is -0.850. The van der Waals surface area contributed by atoms with E-state index < -0.39 is 0 Å². The summed E-state index contributed by atoms with van der Waals surface area (Å²) in [7, 11) is 0. The van der Waals surface area contributed by atoms with Crippen LogP contribution >= 0.6 is 0 Å². The lowest BCUT2D eigenvalue weighted by atomic mass is 10.0. The zero-order valence-corrected chi connectivity index (χ0v) is 6.42. The number of rotatable bonds is 2. The maximum atomic E-state index is 11.2. The van der Waals surface area contributed by atoms with Crippen LogP contribution in [0.1, 0.15) is 20.3 Å². The number of hydrogen-bond acceptors (Lipinski definition) is 1. The van der Waals surface area contributed by atoms with Gasteiger partial charge < -0.3 is 0 Å². The fourth-order valence-corrected chi connectivity index (χ4v) is 1.00. The fraction of sp³-hybridized carbons (Fsp3) is 0.444. The Labute approximate surface area is 61.4 Å². The Morgan fingerprint density at radius 3 is 2.70 bits per heavy atom. The second kappa shape index (κ2) is 2.82. The van der Waals surface area contributed by atoms with Gasteiger partial charge in [0.15, 0.2) is 5.78 Å². The molecule has 0 aromatic carbocycles. The van der Waals surface area contributed by atoms with Crippen LogP contribution in [-0.2, 0) is 4.79 Å². The van der Waals surface area contributed by atoms with Crippen molar-refractivity contribution in [3.8, 4) is 0 Å². The van der Waals surface area contributed by atoms with Crippen molar-refractivity contribution in [2.75, 3.05) is 0 Å². The van der Waals surface area contributed by atoms with Gasteiger partial charge in [-0.05, 0) is 12.0 Å². The van der Waals surface area contributed by atoms with Crippen LogP contribution in [0.3, 0.4) is 0 Å². The molecule has 0 amide bonds. The van der Waals surface area contributed by atoms with Gasteiger partial charge in [-0.3, -0.25) is 4.79 Å². The summed E-state index contributed by atoms with van der Waals surface area (Å²) in [4.78, 5) is 11.2. The van der Waals surface area contributed by atoms with E-state index >= 15 is 0 Å². The molecule has 0 N–H and O–H groups in total. The molecule has 1 nitrogen and oxygen atoms in total. The molecular weight excluding hydrogens is 124 g/mol. The van der Waals surface area contributed by atoms with Crippen LogP contribution < -0.4 is 0 Å². The molecule has 0 aromatic rings. The first-order valence-corrected chi connectivity index (χ1v) is 3.61. The molecule has 0 atom stereocenters. The normalized spacial score (nSPS) is 16.1. The van der Waals surface area contributed by atoms with Gasteiger partial charge in [0, 0.05) is 5.92 Å². The van der Waals surface area contributed by atoms with Crippen LogP contribution in [0, 0.1) is 5.92 Å². The zero-order valence-electron chi connectivity index (χ0n) is 6.42. The molecule has 10 heavy (non-hydrogen) atoms. The third-order valence-corrected chi connectivity index (χ3v) is 1.61. The van der Waals surface area contributed by atoms with Gasteiger partial charge in [-0.15, -0.1) is 0 Å². The Kier molecular flexibility index (Phi) is 2.05. The van der Waals surface area contributed by atoms with Crippen LogP contribution in [0.25, 0.3) is 0 Å². The molecule has 54 valence electrons. The number of hydrogen-bond donors (Lipinski definition) is 0. The number of Topliss-reactive ketones (excluding diaryl/α,β-unsaturated/α-hetero) is 1. The highest BCUT2D eigenvalue weighted by Crippen LogP contribution is 2.15. The monoisotopic (exact) mass is 136 g/mol. The van der Waals surface area contributed by atoms with Crippen LogP contribution in [0.4, 0.5) is 0 Å². The highest BCUT2D eigenvalue weighted by molar-refractivity contribution is 5.97. The predicted molar refractivity (Wildman–Crippen MR) is 41.7 cm³/mol. The van der Waals surface area contributed by atoms with Crippen molar-refractivity contribution in [2.24, 2.45) is 5.92 Å². The molecule has 0 radical (unpaired) electrons. The van der Waals surface area contributed by atoms with Gasteiger partial charge in [0.25, 0.3) is 0 Å². The molecule has 0 unspecified atom stereocenters. The predicted octanol–water partition coefficient (Wildman–Crippen LogP) is 2.10. The van der Waals surface area contributed by atoms with E-state index in [2.05, 4.69) is 0 Å². The smallest absolute Gasteiger partial charge is 0.161 e. The molecule has 0 saturated carbocycles. The lowest BCUT2D eigenvalue weighted by molar-refractivity contribution is -0.118. The molecule has 1 heteroatoms. The molecule has 0 bridgehead atoms. The first-order valence-electron chi connectivity index (χ1n) is 3.61. The van der Waals surface area contributed by atoms with E-state index in [0.717, 1.165) is 12.0 Å². The Morgan fingerprint density at radius 2 is 2.30 bits per heavy atom. The van der Waals surface area contributed by atoms with Gasteiger partial charge in [-0.25, -0.2) is 0 Å². The van der Waals surface area contributed by atoms with Crippen molar-refractivity contribution in [3.05, 3.63) is 23.8 Å². The third-order valence-electron chi connectivity index (χ3n) is 1.61. The van der Waals surface area contributed by atoms with E-state index in [0.29, 0.717) is 0 Å². The Morgan fingerprint density at radius 1 is 1.60 bits per heavy atom. The fourth-order valence-electron chi connectivity index (χ4n) is 1.00. The average Bonchev–Trinajstić information content (AvgIpc) is 2.36. The summed E-state index contributed by atoms with van der Waals surface area (Å²) in [6.07, 6.45) is 6.69. The maximum absolute atomic E-state index is 11.2. The highest BCUT2D eigenvalue weighted by Gasteiger charge is 2.12. The summed E-state index contributed by atoms with van der Waals surface area (Å²) in [5, 5.41) is 0. The largest absolute Gasteiger partial charge is 0.294 e. The van der Waals surface area contributed by atoms with E-state index in [1.807, 2.05) is 32.1 Å². The number of allylic oxidation sites excluding steroid dienone is 4. The molecule has 0 aliphatic heterocycles.